The van der Waals surface area contributed by atoms with Crippen molar-refractivity contribution in [1.82, 2.24) is 14.5 Å². The van der Waals surface area contributed by atoms with Crippen molar-refractivity contribution in [3.8, 4) is 5.75 Å². The highest BCUT2D eigenvalue weighted by Gasteiger charge is 2.53. The summed E-state index contributed by atoms with van der Waals surface area (Å²) in [6.07, 6.45) is 12.7. The molecule has 0 aliphatic carbocycles. The summed E-state index contributed by atoms with van der Waals surface area (Å²) < 4.78 is 7.06. The van der Waals surface area contributed by atoms with Gasteiger partial charge in [-0.3, -0.25) is 9.69 Å². The molecule has 2 saturated heterocycles. The van der Waals surface area contributed by atoms with E-state index in [0.29, 0.717) is 23.8 Å². The van der Waals surface area contributed by atoms with E-state index in [1.165, 1.54) is 79.7 Å². The summed E-state index contributed by atoms with van der Waals surface area (Å²) in [7, 11) is 0. The number of phenols is 1. The number of carbonyl (C=O) groups excluding carboxylic acids is 1. The molecule has 0 amide bonds. The fourth-order valence-electron chi connectivity index (χ4n) is 10.8. The van der Waals surface area contributed by atoms with Gasteiger partial charge in [-0.15, -0.1) is 0 Å². The molecule has 2 fully saturated rings. The van der Waals surface area contributed by atoms with Crippen LogP contribution in [-0.4, -0.2) is 58.3 Å². The molecule has 0 spiro atoms. The van der Waals surface area contributed by atoms with Crippen LogP contribution in [0.5, 0.6) is 5.75 Å². The van der Waals surface area contributed by atoms with Crippen LogP contribution in [0.3, 0.4) is 0 Å². The first kappa shape index (κ1) is 32.4. The first-order valence-electron chi connectivity index (χ1n) is 18.8. The first-order valence-corrected chi connectivity index (χ1v) is 18.8. The fraction of sp³-hybridized carbons (Fsp3) is 0.524. The molecule has 2 aromatic heterocycles. The van der Waals surface area contributed by atoms with E-state index in [0.717, 1.165) is 61.2 Å². The molecule has 258 valence electrons. The highest BCUT2D eigenvalue weighted by atomic mass is 16.5. The Labute approximate surface area is 290 Å². The van der Waals surface area contributed by atoms with Gasteiger partial charge in [0, 0.05) is 65.7 Å². The number of esters is 1. The van der Waals surface area contributed by atoms with Crippen molar-refractivity contribution in [2.45, 2.75) is 97.6 Å². The van der Waals surface area contributed by atoms with Gasteiger partial charge in [0.15, 0.2) is 0 Å². The van der Waals surface area contributed by atoms with Crippen LogP contribution < -0.4 is 4.90 Å². The minimum absolute atomic E-state index is 0.0890. The number of rotatable bonds is 5. The summed E-state index contributed by atoms with van der Waals surface area (Å²) in [6, 6.07) is 13.9. The van der Waals surface area contributed by atoms with Crippen molar-refractivity contribution >= 4 is 39.7 Å². The van der Waals surface area contributed by atoms with Crippen molar-refractivity contribution in [3.05, 3.63) is 70.9 Å². The van der Waals surface area contributed by atoms with Crippen LogP contribution in [0.2, 0.25) is 0 Å². The molecule has 2 aromatic carbocycles. The van der Waals surface area contributed by atoms with Gasteiger partial charge in [-0.25, -0.2) is 4.98 Å². The zero-order valence-electron chi connectivity index (χ0n) is 29.9. The van der Waals surface area contributed by atoms with Gasteiger partial charge in [0.05, 0.1) is 24.2 Å². The monoisotopic (exact) mass is 660 g/mol. The summed E-state index contributed by atoms with van der Waals surface area (Å²) in [4.78, 5) is 20.4. The normalized spacial score (nSPS) is 26.8. The number of aromatic nitrogens is 2. The molecule has 2 bridgehead atoms. The largest absolute Gasteiger partial charge is 0.508 e. The van der Waals surface area contributed by atoms with Gasteiger partial charge >= 0.3 is 5.97 Å². The number of para-hydroxylation sites is 1. The Bertz CT molecular complexity index is 1960. The predicted molar refractivity (Wildman–Crippen MR) is 198 cm³/mol. The van der Waals surface area contributed by atoms with E-state index in [-0.39, 0.29) is 17.4 Å². The molecule has 4 aromatic rings. The number of hydrogen-bond donors (Lipinski definition) is 1. The molecule has 49 heavy (non-hydrogen) atoms. The number of carbonyl (C=O) groups is 1. The number of benzene rings is 2. The SMILES string of the molecule is C=Cc1c2c(nc3cc(O)c([C@@H]4C[C@@]5(CC)CCCN6CCc7c(n4c4ccccc74)[C@H]65)cc13)N1CCC[C@](CC)(C2)C1.CCOC(C)=O. The molecule has 9 rings (SSSR count). The summed E-state index contributed by atoms with van der Waals surface area (Å²) >= 11 is 0. The standard InChI is InChI=1S/C38H44N4O.C4H8O2/c1-4-24-27-19-28(33(43)20-30(27)39-36-29(24)21-37(5-2)14-9-17-41(36)23-37)32-22-38(6-3)15-10-16-40-18-13-26-25-11-7-8-12-31(25)42(32)34(26)35(38)40;1-3-6-4(2)5/h4,7-8,11-12,19-20,32,35,43H,1,5-6,9-10,13-18,21-23H2,2-3H3;3H2,1-2H3/t32-,35-,37+,38+;/m0./s1. The average molecular weight is 661 g/mol. The number of phenolic OH excluding ortho intramolecular Hbond substituents is 1. The van der Waals surface area contributed by atoms with Gasteiger partial charge < -0.3 is 19.3 Å². The topological polar surface area (TPSA) is 70.8 Å². The quantitative estimate of drug-likeness (QED) is 0.216. The Kier molecular flexibility index (Phi) is 8.05. The van der Waals surface area contributed by atoms with Crippen molar-refractivity contribution in [2.75, 3.05) is 37.7 Å². The number of piperidine rings is 2. The fourth-order valence-corrected chi connectivity index (χ4v) is 10.8. The third-order valence-electron chi connectivity index (χ3n) is 13.1. The first-order chi connectivity index (χ1) is 23.8. The van der Waals surface area contributed by atoms with E-state index in [4.69, 9.17) is 4.98 Å². The number of pyridine rings is 1. The maximum absolute atomic E-state index is 11.9. The van der Waals surface area contributed by atoms with Crippen LogP contribution in [0.25, 0.3) is 27.9 Å². The van der Waals surface area contributed by atoms with Crippen LogP contribution in [0.1, 0.15) is 113 Å². The summed E-state index contributed by atoms with van der Waals surface area (Å²) in [5.41, 5.74) is 9.50. The smallest absolute Gasteiger partial charge is 0.302 e. The van der Waals surface area contributed by atoms with E-state index in [1.807, 2.05) is 6.07 Å². The lowest BCUT2D eigenvalue weighted by Crippen LogP contribution is -2.53. The van der Waals surface area contributed by atoms with Gasteiger partial charge in [0.25, 0.3) is 0 Å². The Morgan fingerprint density at radius 2 is 1.88 bits per heavy atom. The number of fused-ring (bicyclic) bond motifs is 8. The van der Waals surface area contributed by atoms with E-state index in [1.54, 1.807) is 12.5 Å². The van der Waals surface area contributed by atoms with Crippen LogP contribution in [-0.2, 0) is 22.4 Å². The van der Waals surface area contributed by atoms with Gasteiger partial charge in [-0.2, -0.15) is 0 Å². The van der Waals surface area contributed by atoms with Crippen molar-refractivity contribution in [3.63, 3.8) is 0 Å². The minimum atomic E-state index is -0.211. The second kappa shape index (κ2) is 12.2. The molecule has 1 N–H and O–H groups in total. The molecule has 0 saturated carbocycles. The average Bonchev–Trinajstić information content (AvgIpc) is 3.45. The van der Waals surface area contributed by atoms with Gasteiger partial charge in [0.2, 0.25) is 0 Å². The Morgan fingerprint density at radius 3 is 2.61 bits per heavy atom. The van der Waals surface area contributed by atoms with Gasteiger partial charge in [-0.05, 0) is 105 Å². The highest BCUT2D eigenvalue weighted by Crippen LogP contribution is 2.61. The third-order valence-corrected chi connectivity index (χ3v) is 13.1. The number of aromatic hydroxyl groups is 1. The number of nitrogens with zero attached hydrogens (tertiary/aromatic N) is 4. The van der Waals surface area contributed by atoms with Crippen LogP contribution >= 0.6 is 0 Å². The molecule has 7 heterocycles. The summed E-state index contributed by atoms with van der Waals surface area (Å²) in [5, 5.41) is 14.5. The highest BCUT2D eigenvalue weighted by molar-refractivity contribution is 5.94. The molecule has 5 aliphatic heterocycles. The maximum Gasteiger partial charge on any atom is 0.302 e. The van der Waals surface area contributed by atoms with Crippen LogP contribution in [0, 0.1) is 10.8 Å². The molecule has 0 unspecified atom stereocenters. The predicted octanol–water partition coefficient (Wildman–Crippen LogP) is 8.74. The number of ether oxygens (including phenoxy) is 1. The van der Waals surface area contributed by atoms with Gasteiger partial charge in [-0.1, -0.05) is 44.7 Å². The number of hydrogen-bond acceptors (Lipinski definition) is 6. The van der Waals surface area contributed by atoms with Crippen molar-refractivity contribution in [2.24, 2.45) is 10.8 Å². The van der Waals surface area contributed by atoms with E-state index < -0.39 is 0 Å². The Balaban J connectivity index is 0.000000536. The maximum atomic E-state index is 11.9. The molecule has 5 aliphatic rings. The molecule has 4 atom stereocenters. The second-order valence-corrected chi connectivity index (χ2v) is 15.4. The molecule has 7 heteroatoms. The zero-order chi connectivity index (χ0) is 34.1. The van der Waals surface area contributed by atoms with Gasteiger partial charge in [0.1, 0.15) is 11.6 Å². The lowest BCUT2D eigenvalue weighted by molar-refractivity contribution is -0.140. The molecular formula is C42H52N4O3. The molecule has 0 radical (unpaired) electrons. The van der Waals surface area contributed by atoms with Crippen LogP contribution in [0.4, 0.5) is 5.82 Å². The second-order valence-electron chi connectivity index (χ2n) is 15.4. The zero-order valence-corrected chi connectivity index (χ0v) is 29.9. The lowest BCUT2D eigenvalue weighted by atomic mass is 9.62. The third kappa shape index (κ3) is 4.93. The summed E-state index contributed by atoms with van der Waals surface area (Å²) in [6.45, 7) is 17.3. The number of anilines is 1. The van der Waals surface area contributed by atoms with Crippen molar-refractivity contribution < 1.29 is 14.6 Å². The lowest BCUT2D eigenvalue weighted by Gasteiger charge is -2.57. The minimum Gasteiger partial charge on any atom is -0.508 e. The van der Waals surface area contributed by atoms with E-state index >= 15 is 0 Å². The summed E-state index contributed by atoms with van der Waals surface area (Å²) in [5.74, 6) is 1.30. The van der Waals surface area contributed by atoms with E-state index in [2.05, 4.69) is 75.9 Å². The van der Waals surface area contributed by atoms with Crippen LogP contribution in [0.15, 0.2) is 43.0 Å². The van der Waals surface area contributed by atoms with E-state index in [9.17, 15) is 9.90 Å². The molecule has 7 nitrogen and oxygen atoms in total. The Morgan fingerprint density at radius 1 is 1.06 bits per heavy atom. The van der Waals surface area contributed by atoms with Crippen molar-refractivity contribution in [1.29, 1.82) is 0 Å². The Hall–Kier alpha value is -3.84. The molecular weight excluding hydrogens is 608 g/mol.